The summed E-state index contributed by atoms with van der Waals surface area (Å²) in [6.07, 6.45) is 0. The highest BCUT2D eigenvalue weighted by Gasteiger charge is 1.99. The molecule has 0 saturated carbocycles. The maximum atomic E-state index is 9.70. The van der Waals surface area contributed by atoms with Gasteiger partial charge in [-0.25, -0.2) is 0 Å². The number of rotatable bonds is 1. The van der Waals surface area contributed by atoms with E-state index in [2.05, 4.69) is 10.6 Å². The smallest absolute Gasteiger partial charge is 0.305 e. The van der Waals surface area contributed by atoms with Crippen molar-refractivity contribution >= 4 is 5.97 Å². The van der Waals surface area contributed by atoms with Gasteiger partial charge in [0.1, 0.15) is 0 Å². The Bertz CT molecular complexity index is 103. The fourth-order valence-electron chi connectivity index (χ4n) is 0.442. The van der Waals surface area contributed by atoms with Crippen LogP contribution in [0.25, 0.3) is 0 Å². The quantitative estimate of drug-likeness (QED) is 0.500. The largest absolute Gasteiger partial charge is 0.481 e. The average Bonchev–Trinajstić information content (AvgIpc) is 2.41. The predicted molar refractivity (Wildman–Crippen MR) is 43.3 cm³/mol. The Morgan fingerprint density at radius 2 is 1.73 bits per heavy atom. The maximum absolute atomic E-state index is 9.70. The summed E-state index contributed by atoms with van der Waals surface area (Å²) >= 11 is 0. The Balaban J connectivity index is 0.000000183. The highest BCUT2D eigenvalue weighted by molar-refractivity contribution is 5.68. The van der Waals surface area contributed by atoms with Crippen LogP contribution in [0.3, 0.4) is 0 Å². The molecule has 0 aromatic rings. The Hall–Kier alpha value is -0.610. The van der Waals surface area contributed by atoms with Gasteiger partial charge in [0.25, 0.3) is 0 Å². The van der Waals surface area contributed by atoms with Gasteiger partial charge in [-0.1, -0.05) is 13.8 Å². The van der Waals surface area contributed by atoms with E-state index in [1.807, 2.05) is 0 Å². The maximum Gasteiger partial charge on any atom is 0.305 e. The molecule has 0 aliphatic carbocycles. The van der Waals surface area contributed by atoms with Gasteiger partial charge in [-0.05, 0) is 0 Å². The van der Waals surface area contributed by atoms with Gasteiger partial charge in [0.05, 0.1) is 5.92 Å². The molecule has 1 heterocycles. The first kappa shape index (κ1) is 10.4. The molecule has 1 fully saturated rings. The van der Waals surface area contributed by atoms with Gasteiger partial charge in [-0.15, -0.1) is 0 Å². The van der Waals surface area contributed by atoms with Gasteiger partial charge in [0.15, 0.2) is 0 Å². The van der Waals surface area contributed by atoms with Gasteiger partial charge in [-0.3, -0.25) is 4.79 Å². The molecule has 0 aromatic carbocycles. The van der Waals surface area contributed by atoms with Gasteiger partial charge >= 0.3 is 5.97 Å². The molecule has 4 nitrogen and oxygen atoms in total. The summed E-state index contributed by atoms with van der Waals surface area (Å²) in [5, 5.41) is 14.2. The number of carboxylic acids is 1. The summed E-state index contributed by atoms with van der Waals surface area (Å²) in [6.45, 7) is 6.56. The van der Waals surface area contributed by atoms with Crippen LogP contribution in [0.5, 0.6) is 0 Å². The molecule has 1 aliphatic heterocycles. The minimum Gasteiger partial charge on any atom is -0.481 e. The molecule has 0 spiro atoms. The zero-order valence-electron chi connectivity index (χ0n) is 7.05. The predicted octanol–water partition coefficient (Wildman–Crippen LogP) is -0.136. The van der Waals surface area contributed by atoms with Gasteiger partial charge < -0.3 is 15.7 Å². The second kappa shape index (κ2) is 6.12. The molecular formula is C7H16N2O2. The Labute approximate surface area is 67.0 Å². The molecule has 3 N–H and O–H groups in total. The Morgan fingerprint density at radius 3 is 1.82 bits per heavy atom. The molecule has 0 unspecified atom stereocenters. The monoisotopic (exact) mass is 160 g/mol. The van der Waals surface area contributed by atoms with Gasteiger partial charge in [-0.2, -0.15) is 0 Å². The minimum atomic E-state index is -0.741. The number of carboxylic acid groups (broad SMARTS) is 1. The minimum absolute atomic E-state index is 0.231. The first-order chi connectivity index (χ1) is 5.14. The normalized spacial score (nSPS) is 15.9. The van der Waals surface area contributed by atoms with Crippen LogP contribution in [-0.2, 0) is 4.79 Å². The lowest BCUT2D eigenvalue weighted by molar-refractivity contribution is -0.140. The number of carbonyl (C=O) groups is 1. The van der Waals surface area contributed by atoms with E-state index in [1.165, 1.54) is 0 Å². The lowest BCUT2D eigenvalue weighted by Crippen LogP contribution is -2.11. The number of aliphatic carboxylic acids is 1. The van der Waals surface area contributed by atoms with Crippen LogP contribution in [0, 0.1) is 5.92 Å². The number of hydrogen-bond donors (Lipinski definition) is 3. The van der Waals surface area contributed by atoms with E-state index >= 15 is 0 Å². The van der Waals surface area contributed by atoms with Crippen molar-refractivity contribution in [2.24, 2.45) is 5.92 Å². The average molecular weight is 160 g/mol. The summed E-state index contributed by atoms with van der Waals surface area (Å²) in [5.41, 5.74) is 0. The fraction of sp³-hybridized carbons (Fsp3) is 0.857. The molecular weight excluding hydrogens is 144 g/mol. The van der Waals surface area contributed by atoms with Crippen molar-refractivity contribution in [3.05, 3.63) is 0 Å². The van der Waals surface area contributed by atoms with Crippen LogP contribution in [0.1, 0.15) is 13.8 Å². The molecule has 1 saturated heterocycles. The summed E-state index contributed by atoms with van der Waals surface area (Å²) in [7, 11) is 0. The molecule has 0 atom stereocenters. The zero-order valence-corrected chi connectivity index (χ0v) is 7.05. The SMILES string of the molecule is C1CNCN1.CC(C)C(=O)O. The van der Waals surface area contributed by atoms with Crippen molar-refractivity contribution in [1.82, 2.24) is 10.6 Å². The van der Waals surface area contributed by atoms with Crippen LogP contribution >= 0.6 is 0 Å². The second-order valence-electron chi connectivity index (χ2n) is 2.67. The lowest BCUT2D eigenvalue weighted by Gasteiger charge is -1.89. The van der Waals surface area contributed by atoms with E-state index < -0.39 is 5.97 Å². The van der Waals surface area contributed by atoms with E-state index in [9.17, 15) is 4.79 Å². The highest BCUT2D eigenvalue weighted by Crippen LogP contribution is 1.87. The molecule has 0 amide bonds. The highest BCUT2D eigenvalue weighted by atomic mass is 16.4. The Morgan fingerprint density at radius 1 is 1.36 bits per heavy atom. The summed E-state index contributed by atoms with van der Waals surface area (Å²) < 4.78 is 0. The lowest BCUT2D eigenvalue weighted by atomic mass is 10.2. The zero-order chi connectivity index (χ0) is 8.69. The molecule has 0 radical (unpaired) electrons. The first-order valence-corrected chi connectivity index (χ1v) is 3.79. The molecule has 4 heteroatoms. The van der Waals surface area contributed by atoms with Crippen LogP contribution in [0.4, 0.5) is 0 Å². The van der Waals surface area contributed by atoms with Crippen LogP contribution in [-0.4, -0.2) is 30.8 Å². The molecule has 1 aliphatic rings. The topological polar surface area (TPSA) is 61.4 Å². The van der Waals surface area contributed by atoms with Crippen molar-refractivity contribution < 1.29 is 9.90 Å². The van der Waals surface area contributed by atoms with E-state index in [0.717, 1.165) is 19.8 Å². The van der Waals surface area contributed by atoms with E-state index in [4.69, 9.17) is 5.11 Å². The van der Waals surface area contributed by atoms with Crippen LogP contribution < -0.4 is 10.6 Å². The third-order valence-electron chi connectivity index (χ3n) is 1.22. The van der Waals surface area contributed by atoms with E-state index in [0.29, 0.717) is 0 Å². The van der Waals surface area contributed by atoms with E-state index in [1.54, 1.807) is 13.8 Å². The van der Waals surface area contributed by atoms with Crippen molar-refractivity contribution in [2.75, 3.05) is 19.8 Å². The number of nitrogens with one attached hydrogen (secondary N) is 2. The van der Waals surface area contributed by atoms with Crippen molar-refractivity contribution in [2.45, 2.75) is 13.8 Å². The summed E-state index contributed by atoms with van der Waals surface area (Å²) in [5.74, 6) is -0.972. The second-order valence-corrected chi connectivity index (χ2v) is 2.67. The van der Waals surface area contributed by atoms with Crippen molar-refractivity contribution in [3.8, 4) is 0 Å². The summed E-state index contributed by atoms with van der Waals surface area (Å²) in [4.78, 5) is 9.70. The third-order valence-corrected chi connectivity index (χ3v) is 1.22. The van der Waals surface area contributed by atoms with E-state index in [-0.39, 0.29) is 5.92 Å². The van der Waals surface area contributed by atoms with Crippen LogP contribution in [0.2, 0.25) is 0 Å². The first-order valence-electron chi connectivity index (χ1n) is 3.79. The molecule has 0 aromatic heterocycles. The summed E-state index contributed by atoms with van der Waals surface area (Å²) in [6, 6.07) is 0. The van der Waals surface area contributed by atoms with Crippen molar-refractivity contribution in [1.29, 1.82) is 0 Å². The number of hydrogen-bond acceptors (Lipinski definition) is 3. The van der Waals surface area contributed by atoms with Gasteiger partial charge in [0.2, 0.25) is 0 Å². The van der Waals surface area contributed by atoms with Crippen LogP contribution in [0.15, 0.2) is 0 Å². The molecule has 0 bridgehead atoms. The fourth-order valence-corrected chi connectivity index (χ4v) is 0.442. The van der Waals surface area contributed by atoms with Crippen molar-refractivity contribution in [3.63, 3.8) is 0 Å². The third kappa shape index (κ3) is 7.29. The van der Waals surface area contributed by atoms with Gasteiger partial charge in [0, 0.05) is 19.8 Å². The Kier molecular flexibility index (Phi) is 5.78. The molecule has 66 valence electrons. The molecule has 11 heavy (non-hydrogen) atoms. The standard InChI is InChI=1S/C4H8O2.C3H8N2/c1-3(2)4(5)6;1-2-5-3-4-1/h3H,1-2H3,(H,5,6);4-5H,1-3H2. The molecule has 1 rings (SSSR count).